The fourth-order valence-corrected chi connectivity index (χ4v) is 4.90. The van der Waals surface area contributed by atoms with Crippen LogP contribution in [0.5, 0.6) is 0 Å². The average Bonchev–Trinajstić information content (AvgIpc) is 3.07. The monoisotopic (exact) mass is 383 g/mol. The van der Waals surface area contributed by atoms with Crippen molar-refractivity contribution in [2.45, 2.75) is 70.3 Å². The Bertz CT molecular complexity index is 749. The summed E-state index contributed by atoms with van der Waals surface area (Å²) in [7, 11) is 0. The quantitative estimate of drug-likeness (QED) is 0.771. The maximum atomic E-state index is 13.0. The molecule has 2 aliphatic carbocycles. The third-order valence-corrected chi connectivity index (χ3v) is 6.42. The molecule has 150 valence electrons. The van der Waals surface area contributed by atoms with Crippen molar-refractivity contribution >= 4 is 29.2 Å². The summed E-state index contributed by atoms with van der Waals surface area (Å²) in [6.07, 6.45) is 10.4. The van der Waals surface area contributed by atoms with Crippen LogP contribution in [0.15, 0.2) is 24.3 Å². The zero-order valence-corrected chi connectivity index (χ0v) is 16.4. The minimum atomic E-state index is -0.500. The standard InChI is InChI=1S/C22H29N3O3/c26-20(16-9-5-6-10-16)15-24-18-13-7-8-14-19(18)25(22(28)23-21(24)27)17-11-3-1-2-4-12-17/h7-8,13-14,16-17H,1-6,9-12,15H2,(H,23,27,28). The summed E-state index contributed by atoms with van der Waals surface area (Å²) in [6, 6.07) is 6.70. The fourth-order valence-electron chi connectivity index (χ4n) is 4.90. The maximum absolute atomic E-state index is 13.0. The highest BCUT2D eigenvalue weighted by atomic mass is 16.2. The molecular formula is C22H29N3O3. The molecule has 0 bridgehead atoms. The number of para-hydroxylation sites is 2. The number of fused-ring (bicyclic) bond motifs is 1. The number of anilines is 2. The van der Waals surface area contributed by atoms with Crippen LogP contribution in [0.1, 0.15) is 64.2 Å². The lowest BCUT2D eigenvalue weighted by Gasteiger charge is -2.31. The Morgan fingerprint density at radius 3 is 2.14 bits per heavy atom. The summed E-state index contributed by atoms with van der Waals surface area (Å²) < 4.78 is 0. The molecule has 4 rings (SSSR count). The van der Waals surface area contributed by atoms with Crippen LogP contribution in [0, 0.1) is 5.92 Å². The molecule has 1 aromatic rings. The van der Waals surface area contributed by atoms with E-state index in [1.165, 1.54) is 17.7 Å². The molecule has 1 aromatic carbocycles. The van der Waals surface area contributed by atoms with E-state index in [2.05, 4.69) is 5.32 Å². The molecular weight excluding hydrogens is 354 g/mol. The van der Waals surface area contributed by atoms with Gasteiger partial charge in [0.25, 0.3) is 0 Å². The molecule has 2 saturated carbocycles. The topological polar surface area (TPSA) is 69.7 Å². The lowest BCUT2D eigenvalue weighted by atomic mass is 10.0. The number of urea groups is 2. The first kappa shape index (κ1) is 19.0. The SMILES string of the molecule is O=C(CN1C(=O)NC(=O)N(C2CCCCCC2)c2ccccc21)C1CCCC1. The van der Waals surface area contributed by atoms with E-state index in [4.69, 9.17) is 0 Å². The Hall–Kier alpha value is -2.37. The molecule has 0 saturated heterocycles. The second-order valence-corrected chi connectivity index (χ2v) is 8.27. The number of carbonyl (C=O) groups is 3. The zero-order valence-electron chi connectivity index (χ0n) is 16.4. The van der Waals surface area contributed by atoms with Gasteiger partial charge in [0.1, 0.15) is 0 Å². The lowest BCUT2D eigenvalue weighted by Crippen LogP contribution is -2.49. The number of carbonyl (C=O) groups excluding carboxylic acids is 3. The van der Waals surface area contributed by atoms with E-state index in [0.717, 1.165) is 57.1 Å². The van der Waals surface area contributed by atoms with E-state index in [-0.39, 0.29) is 30.3 Å². The minimum Gasteiger partial charge on any atom is -0.297 e. The first-order valence-corrected chi connectivity index (χ1v) is 10.7. The number of Topliss-reactive ketones (excluding diaryl/α,β-unsaturated/α-hetero) is 1. The molecule has 3 aliphatic rings. The van der Waals surface area contributed by atoms with Crippen molar-refractivity contribution in [3.8, 4) is 0 Å². The molecule has 4 amide bonds. The number of ketones is 1. The summed E-state index contributed by atoms with van der Waals surface area (Å²) in [5, 5.41) is 2.52. The molecule has 28 heavy (non-hydrogen) atoms. The maximum Gasteiger partial charge on any atom is 0.330 e. The van der Waals surface area contributed by atoms with Gasteiger partial charge in [-0.2, -0.15) is 0 Å². The molecule has 0 aromatic heterocycles. The predicted molar refractivity (Wildman–Crippen MR) is 109 cm³/mol. The van der Waals surface area contributed by atoms with E-state index in [1.54, 1.807) is 4.90 Å². The normalized spacial score (nSPS) is 21.9. The van der Waals surface area contributed by atoms with E-state index >= 15 is 0 Å². The molecule has 0 unspecified atom stereocenters. The molecule has 1 N–H and O–H groups in total. The van der Waals surface area contributed by atoms with Gasteiger partial charge in [0.05, 0.1) is 17.9 Å². The summed E-state index contributed by atoms with van der Waals surface area (Å²) in [4.78, 5) is 41.8. The van der Waals surface area contributed by atoms with Gasteiger partial charge in [-0.15, -0.1) is 0 Å². The molecule has 1 aliphatic heterocycles. The first-order chi connectivity index (χ1) is 13.6. The summed E-state index contributed by atoms with van der Waals surface area (Å²) in [5.74, 6) is 0.134. The van der Waals surface area contributed by atoms with Gasteiger partial charge in [-0.05, 0) is 37.8 Å². The fraction of sp³-hybridized carbons (Fsp3) is 0.591. The van der Waals surface area contributed by atoms with Gasteiger partial charge in [0, 0.05) is 12.0 Å². The number of amides is 4. The highest BCUT2D eigenvalue weighted by molar-refractivity contribution is 6.14. The lowest BCUT2D eigenvalue weighted by molar-refractivity contribution is -0.121. The van der Waals surface area contributed by atoms with Gasteiger partial charge < -0.3 is 0 Å². The number of rotatable bonds is 4. The Morgan fingerprint density at radius 1 is 0.857 bits per heavy atom. The van der Waals surface area contributed by atoms with Crippen molar-refractivity contribution in [2.24, 2.45) is 5.92 Å². The Morgan fingerprint density at radius 2 is 1.46 bits per heavy atom. The van der Waals surface area contributed by atoms with E-state index in [0.29, 0.717) is 5.69 Å². The number of hydrogen-bond donors (Lipinski definition) is 1. The molecule has 0 radical (unpaired) electrons. The van der Waals surface area contributed by atoms with Crippen molar-refractivity contribution in [3.05, 3.63) is 24.3 Å². The van der Waals surface area contributed by atoms with Crippen LogP contribution in [0.2, 0.25) is 0 Å². The third kappa shape index (κ3) is 3.77. The second kappa shape index (κ2) is 8.33. The Kier molecular flexibility index (Phi) is 5.64. The highest BCUT2D eigenvalue weighted by Crippen LogP contribution is 2.36. The molecule has 2 fully saturated rings. The number of hydrogen-bond acceptors (Lipinski definition) is 3. The summed E-state index contributed by atoms with van der Waals surface area (Å²) in [5.41, 5.74) is 1.39. The number of nitrogens with zero attached hydrogens (tertiary/aromatic N) is 2. The minimum absolute atomic E-state index is 0.0271. The molecule has 1 heterocycles. The molecule has 0 atom stereocenters. The molecule has 6 nitrogen and oxygen atoms in total. The van der Waals surface area contributed by atoms with Crippen molar-refractivity contribution in [2.75, 3.05) is 16.3 Å². The van der Waals surface area contributed by atoms with Gasteiger partial charge in [-0.25, -0.2) is 9.59 Å². The third-order valence-electron chi connectivity index (χ3n) is 6.42. The van der Waals surface area contributed by atoms with Gasteiger partial charge in [0.15, 0.2) is 5.78 Å². The van der Waals surface area contributed by atoms with Crippen LogP contribution in [0.4, 0.5) is 21.0 Å². The van der Waals surface area contributed by atoms with Gasteiger partial charge in [-0.1, -0.05) is 50.7 Å². The van der Waals surface area contributed by atoms with Crippen LogP contribution in [-0.4, -0.2) is 30.4 Å². The zero-order chi connectivity index (χ0) is 19.5. The summed E-state index contributed by atoms with van der Waals surface area (Å²) in [6.45, 7) is 0.0271. The van der Waals surface area contributed by atoms with E-state index in [9.17, 15) is 14.4 Å². The number of imide groups is 1. The van der Waals surface area contributed by atoms with Gasteiger partial charge in [-0.3, -0.25) is 19.9 Å². The first-order valence-electron chi connectivity index (χ1n) is 10.7. The van der Waals surface area contributed by atoms with Gasteiger partial charge >= 0.3 is 12.1 Å². The van der Waals surface area contributed by atoms with Crippen LogP contribution in [0.25, 0.3) is 0 Å². The predicted octanol–water partition coefficient (Wildman–Crippen LogP) is 4.62. The summed E-state index contributed by atoms with van der Waals surface area (Å²) >= 11 is 0. The number of nitrogens with one attached hydrogen (secondary N) is 1. The van der Waals surface area contributed by atoms with Gasteiger partial charge in [0.2, 0.25) is 0 Å². The van der Waals surface area contributed by atoms with E-state index < -0.39 is 6.03 Å². The van der Waals surface area contributed by atoms with Crippen molar-refractivity contribution in [1.29, 1.82) is 0 Å². The van der Waals surface area contributed by atoms with Crippen molar-refractivity contribution in [3.63, 3.8) is 0 Å². The van der Waals surface area contributed by atoms with Crippen LogP contribution >= 0.6 is 0 Å². The average molecular weight is 383 g/mol. The van der Waals surface area contributed by atoms with Crippen LogP contribution in [0.3, 0.4) is 0 Å². The highest BCUT2D eigenvalue weighted by Gasteiger charge is 2.36. The van der Waals surface area contributed by atoms with Crippen LogP contribution < -0.4 is 15.1 Å². The molecule has 6 heteroatoms. The second-order valence-electron chi connectivity index (χ2n) is 8.27. The van der Waals surface area contributed by atoms with Crippen LogP contribution in [-0.2, 0) is 4.79 Å². The van der Waals surface area contributed by atoms with E-state index in [1.807, 2.05) is 24.3 Å². The van der Waals surface area contributed by atoms with Crippen molar-refractivity contribution < 1.29 is 14.4 Å². The smallest absolute Gasteiger partial charge is 0.297 e. The largest absolute Gasteiger partial charge is 0.330 e. The Balaban J connectivity index is 1.66. The molecule has 0 spiro atoms. The number of benzene rings is 1. The van der Waals surface area contributed by atoms with Crippen molar-refractivity contribution in [1.82, 2.24) is 5.32 Å². The Labute approximate surface area is 166 Å².